The van der Waals surface area contributed by atoms with E-state index in [1.165, 1.54) is 5.56 Å². The van der Waals surface area contributed by atoms with Gasteiger partial charge in [0.1, 0.15) is 18.5 Å². The van der Waals surface area contributed by atoms with Gasteiger partial charge in [-0.1, -0.05) is 39.8 Å². The van der Waals surface area contributed by atoms with E-state index in [0.717, 1.165) is 17.9 Å². The molecular formula is C18H31NO3. The van der Waals surface area contributed by atoms with Crippen LogP contribution in [0.4, 0.5) is 0 Å². The molecule has 0 saturated carbocycles. The molecule has 126 valence electrons. The van der Waals surface area contributed by atoms with E-state index in [4.69, 9.17) is 9.84 Å². The van der Waals surface area contributed by atoms with Crippen LogP contribution in [0.1, 0.15) is 38.8 Å². The van der Waals surface area contributed by atoms with E-state index < -0.39 is 6.10 Å². The Morgan fingerprint density at radius 2 is 1.95 bits per heavy atom. The quantitative estimate of drug-likeness (QED) is 0.774. The predicted molar refractivity (Wildman–Crippen MR) is 90.6 cm³/mol. The Hall–Kier alpha value is -1.10. The lowest BCUT2D eigenvalue weighted by Crippen LogP contribution is -2.37. The fraction of sp³-hybridized carbons (Fsp3) is 0.667. The maximum atomic E-state index is 10.1. The summed E-state index contributed by atoms with van der Waals surface area (Å²) in [4.78, 5) is 2.00. The molecule has 0 aromatic heterocycles. The van der Waals surface area contributed by atoms with E-state index in [0.29, 0.717) is 13.1 Å². The van der Waals surface area contributed by atoms with Crippen LogP contribution in [-0.4, -0.2) is 54.1 Å². The molecule has 1 aromatic carbocycles. The SMILES string of the molecule is CCN(CCO)C[C@@H](O)COc1ccc(C(C)(C)C)cc1C. The van der Waals surface area contributed by atoms with Crippen LogP contribution >= 0.6 is 0 Å². The maximum absolute atomic E-state index is 10.1. The molecule has 4 nitrogen and oxygen atoms in total. The van der Waals surface area contributed by atoms with Gasteiger partial charge in [-0.3, -0.25) is 4.90 Å². The molecule has 0 saturated heterocycles. The molecule has 0 radical (unpaired) electrons. The number of nitrogens with zero attached hydrogens (tertiary/aromatic N) is 1. The molecule has 1 aromatic rings. The summed E-state index contributed by atoms with van der Waals surface area (Å²) in [6.07, 6.45) is -0.562. The molecular weight excluding hydrogens is 278 g/mol. The summed E-state index contributed by atoms with van der Waals surface area (Å²) in [6, 6.07) is 6.21. The first kappa shape index (κ1) is 18.9. The highest BCUT2D eigenvalue weighted by Gasteiger charge is 2.16. The molecule has 0 amide bonds. The summed E-state index contributed by atoms with van der Waals surface area (Å²) in [6.45, 7) is 12.9. The molecule has 1 rings (SSSR count). The zero-order valence-corrected chi connectivity index (χ0v) is 14.6. The summed E-state index contributed by atoms with van der Waals surface area (Å²) < 4.78 is 5.75. The highest BCUT2D eigenvalue weighted by Crippen LogP contribution is 2.27. The van der Waals surface area contributed by atoms with Gasteiger partial charge in [0.05, 0.1) is 6.61 Å². The van der Waals surface area contributed by atoms with E-state index >= 15 is 0 Å². The summed E-state index contributed by atoms with van der Waals surface area (Å²) in [5.41, 5.74) is 2.48. The molecule has 0 aliphatic rings. The topological polar surface area (TPSA) is 52.9 Å². The first-order chi connectivity index (χ1) is 10.3. The average Bonchev–Trinajstić information content (AvgIpc) is 2.44. The minimum atomic E-state index is -0.562. The largest absolute Gasteiger partial charge is 0.491 e. The van der Waals surface area contributed by atoms with Crippen molar-refractivity contribution in [3.8, 4) is 5.75 Å². The molecule has 0 bridgehead atoms. The number of likely N-dealkylation sites (N-methyl/N-ethyl adjacent to an activating group) is 1. The third-order valence-electron chi connectivity index (χ3n) is 3.80. The van der Waals surface area contributed by atoms with Gasteiger partial charge in [0.15, 0.2) is 0 Å². The van der Waals surface area contributed by atoms with Crippen LogP contribution in [0, 0.1) is 6.92 Å². The number of aliphatic hydroxyl groups excluding tert-OH is 2. The Morgan fingerprint density at radius 1 is 1.27 bits per heavy atom. The minimum absolute atomic E-state index is 0.106. The van der Waals surface area contributed by atoms with E-state index in [1.807, 2.05) is 24.8 Å². The molecule has 1 atom stereocenters. The lowest BCUT2D eigenvalue weighted by Gasteiger charge is -2.23. The lowest BCUT2D eigenvalue weighted by atomic mass is 9.86. The van der Waals surface area contributed by atoms with Gasteiger partial charge in [-0.2, -0.15) is 0 Å². The van der Waals surface area contributed by atoms with Gasteiger partial charge in [0.2, 0.25) is 0 Å². The fourth-order valence-corrected chi connectivity index (χ4v) is 2.33. The Kier molecular flexibility index (Phi) is 7.33. The first-order valence-electron chi connectivity index (χ1n) is 8.03. The van der Waals surface area contributed by atoms with Crippen molar-refractivity contribution in [1.29, 1.82) is 0 Å². The van der Waals surface area contributed by atoms with Crippen molar-refractivity contribution in [1.82, 2.24) is 4.90 Å². The molecule has 2 N–H and O–H groups in total. The number of aliphatic hydroxyl groups is 2. The summed E-state index contributed by atoms with van der Waals surface area (Å²) in [5.74, 6) is 0.817. The van der Waals surface area contributed by atoms with Crippen LogP contribution in [0.3, 0.4) is 0 Å². The maximum Gasteiger partial charge on any atom is 0.122 e. The molecule has 4 heteroatoms. The normalized spacial score (nSPS) is 13.5. The van der Waals surface area contributed by atoms with Gasteiger partial charge in [-0.15, -0.1) is 0 Å². The van der Waals surface area contributed by atoms with Crippen molar-refractivity contribution in [2.45, 2.75) is 46.1 Å². The van der Waals surface area contributed by atoms with E-state index in [-0.39, 0.29) is 18.6 Å². The Balaban J connectivity index is 2.57. The Bertz CT molecular complexity index is 454. The van der Waals surface area contributed by atoms with Gasteiger partial charge in [-0.05, 0) is 36.1 Å². The van der Waals surface area contributed by atoms with Crippen LogP contribution in [0.2, 0.25) is 0 Å². The van der Waals surface area contributed by atoms with Gasteiger partial charge < -0.3 is 14.9 Å². The fourth-order valence-electron chi connectivity index (χ4n) is 2.33. The summed E-state index contributed by atoms with van der Waals surface area (Å²) in [7, 11) is 0. The van der Waals surface area contributed by atoms with Crippen molar-refractivity contribution in [2.24, 2.45) is 0 Å². The smallest absolute Gasteiger partial charge is 0.122 e. The zero-order valence-electron chi connectivity index (χ0n) is 14.6. The number of benzene rings is 1. The zero-order chi connectivity index (χ0) is 16.8. The first-order valence-corrected chi connectivity index (χ1v) is 8.03. The molecule has 22 heavy (non-hydrogen) atoms. The number of aryl methyl sites for hydroxylation is 1. The number of ether oxygens (including phenoxy) is 1. The molecule has 0 aliphatic heterocycles. The number of hydrogen-bond donors (Lipinski definition) is 2. The third-order valence-corrected chi connectivity index (χ3v) is 3.80. The molecule has 0 spiro atoms. The number of hydrogen-bond acceptors (Lipinski definition) is 4. The second kappa shape index (κ2) is 8.51. The van der Waals surface area contributed by atoms with Crippen LogP contribution < -0.4 is 4.74 Å². The monoisotopic (exact) mass is 309 g/mol. The summed E-state index contributed by atoms with van der Waals surface area (Å²) >= 11 is 0. The number of rotatable bonds is 8. The minimum Gasteiger partial charge on any atom is -0.491 e. The van der Waals surface area contributed by atoms with Gasteiger partial charge in [0, 0.05) is 13.1 Å². The third kappa shape index (κ3) is 5.95. The van der Waals surface area contributed by atoms with Crippen LogP contribution in [-0.2, 0) is 5.41 Å². The lowest BCUT2D eigenvalue weighted by molar-refractivity contribution is 0.0636. The van der Waals surface area contributed by atoms with Crippen molar-refractivity contribution < 1.29 is 14.9 Å². The van der Waals surface area contributed by atoms with Crippen LogP contribution in [0.5, 0.6) is 5.75 Å². The molecule has 0 heterocycles. The standard InChI is InChI=1S/C18H31NO3/c1-6-19(9-10-20)12-16(21)13-22-17-8-7-15(11-14(17)2)18(3,4)5/h7-8,11,16,20-21H,6,9-10,12-13H2,1-5H3/t16-/m1/s1. The highest BCUT2D eigenvalue weighted by atomic mass is 16.5. The van der Waals surface area contributed by atoms with Crippen LogP contribution in [0.15, 0.2) is 18.2 Å². The van der Waals surface area contributed by atoms with E-state index in [1.54, 1.807) is 0 Å². The van der Waals surface area contributed by atoms with Crippen molar-refractivity contribution in [3.63, 3.8) is 0 Å². The summed E-state index contributed by atoms with van der Waals surface area (Å²) in [5, 5.41) is 19.0. The highest BCUT2D eigenvalue weighted by molar-refractivity contribution is 5.38. The second-order valence-electron chi connectivity index (χ2n) is 6.81. The van der Waals surface area contributed by atoms with Crippen molar-refractivity contribution in [2.75, 3.05) is 32.8 Å². The molecule has 0 unspecified atom stereocenters. The average molecular weight is 309 g/mol. The van der Waals surface area contributed by atoms with Crippen molar-refractivity contribution in [3.05, 3.63) is 29.3 Å². The van der Waals surface area contributed by atoms with Crippen LogP contribution in [0.25, 0.3) is 0 Å². The van der Waals surface area contributed by atoms with E-state index in [9.17, 15) is 5.11 Å². The van der Waals surface area contributed by atoms with Crippen molar-refractivity contribution >= 4 is 0 Å². The van der Waals surface area contributed by atoms with Gasteiger partial charge >= 0.3 is 0 Å². The van der Waals surface area contributed by atoms with Gasteiger partial charge in [0.25, 0.3) is 0 Å². The predicted octanol–water partition coefficient (Wildman–Crippen LogP) is 2.35. The van der Waals surface area contributed by atoms with Gasteiger partial charge in [-0.25, -0.2) is 0 Å². The van der Waals surface area contributed by atoms with E-state index in [2.05, 4.69) is 32.9 Å². The second-order valence-corrected chi connectivity index (χ2v) is 6.81. The molecule has 0 fully saturated rings. The Morgan fingerprint density at radius 3 is 2.45 bits per heavy atom. The Labute approximate surface area is 134 Å². The molecule has 0 aliphatic carbocycles.